The Hall–Kier alpha value is -5.71. The van der Waals surface area contributed by atoms with Crippen molar-refractivity contribution in [2.24, 2.45) is 5.92 Å². The second-order valence-corrected chi connectivity index (χ2v) is 16.4. The first kappa shape index (κ1) is 36.0. The molecule has 5 aromatic rings. The lowest BCUT2D eigenvalue weighted by molar-refractivity contribution is -0.132. The van der Waals surface area contributed by atoms with Gasteiger partial charge in [0.25, 0.3) is 0 Å². The van der Waals surface area contributed by atoms with Gasteiger partial charge in [0.05, 0.1) is 24.0 Å². The number of carbonyl (C=O) groups excluding carboxylic acids is 2. The predicted octanol–water partition coefficient (Wildman–Crippen LogP) is 7.87. The van der Waals surface area contributed by atoms with Crippen molar-refractivity contribution in [3.63, 3.8) is 0 Å². The fraction of sp³-hybridized carbons (Fsp3) is 0.400. The first-order chi connectivity index (χ1) is 27.1. The third-order valence-electron chi connectivity index (χ3n) is 13.2. The molecule has 9 rings (SSSR count). The molecule has 288 valence electrons. The van der Waals surface area contributed by atoms with Gasteiger partial charge in [-0.1, -0.05) is 56.3 Å². The van der Waals surface area contributed by atoms with Crippen LogP contribution in [0.1, 0.15) is 99.9 Å². The Morgan fingerprint density at radius 1 is 0.875 bits per heavy atom. The van der Waals surface area contributed by atoms with Crippen molar-refractivity contribution in [3.05, 3.63) is 99.7 Å². The summed E-state index contributed by atoms with van der Waals surface area (Å²) in [4.78, 5) is 65.5. The van der Waals surface area contributed by atoms with E-state index in [1.807, 2.05) is 17.9 Å². The van der Waals surface area contributed by atoms with Crippen LogP contribution >= 0.6 is 0 Å². The maximum atomic E-state index is 13.7. The van der Waals surface area contributed by atoms with E-state index in [0.29, 0.717) is 30.1 Å². The number of H-pyrrole nitrogens is 2. The van der Waals surface area contributed by atoms with E-state index in [2.05, 4.69) is 75.7 Å². The number of fused-ring (bicyclic) bond motifs is 4. The summed E-state index contributed by atoms with van der Waals surface area (Å²) in [5.41, 5.74) is 11.0. The number of nitrogens with one attached hydrogen (secondary N) is 3. The zero-order chi connectivity index (χ0) is 38.7. The first-order valence-corrected chi connectivity index (χ1v) is 20.2. The summed E-state index contributed by atoms with van der Waals surface area (Å²) in [6.07, 6.45) is 8.73. The molecular formula is C45H48N6O5. The molecule has 4 N–H and O–H groups in total. The van der Waals surface area contributed by atoms with E-state index in [4.69, 9.17) is 5.11 Å². The number of hydrogen-bond acceptors (Lipinski definition) is 5. The highest BCUT2D eigenvalue weighted by Gasteiger charge is 2.51. The minimum Gasteiger partial charge on any atom is -0.465 e. The summed E-state index contributed by atoms with van der Waals surface area (Å²) in [7, 11) is 0. The van der Waals surface area contributed by atoms with Crippen LogP contribution in [-0.2, 0) is 21.4 Å². The zero-order valence-electron chi connectivity index (χ0n) is 32.0. The highest BCUT2D eigenvalue weighted by molar-refractivity contribution is 5.88. The van der Waals surface area contributed by atoms with Crippen LogP contribution in [0.5, 0.6) is 0 Å². The van der Waals surface area contributed by atoms with Crippen molar-refractivity contribution in [2.45, 2.75) is 89.1 Å². The molecule has 11 heteroatoms. The molecule has 4 aliphatic rings. The second-order valence-electron chi connectivity index (χ2n) is 16.4. The lowest BCUT2D eigenvalue weighted by atomic mass is 9.60. The normalized spacial score (nSPS) is 22.6. The summed E-state index contributed by atoms with van der Waals surface area (Å²) in [5.74, 6) is 1.21. The molecule has 4 unspecified atom stereocenters. The Bertz CT molecular complexity index is 2430. The largest absolute Gasteiger partial charge is 0.465 e. The summed E-state index contributed by atoms with van der Waals surface area (Å²) in [6, 6.07) is 20.7. The lowest BCUT2D eigenvalue weighted by Crippen LogP contribution is -2.39. The summed E-state index contributed by atoms with van der Waals surface area (Å²) in [6.45, 7) is 5.49. The Balaban J connectivity index is 0.997. The summed E-state index contributed by atoms with van der Waals surface area (Å²) >= 11 is 0. The lowest BCUT2D eigenvalue weighted by Gasteiger charge is -2.43. The van der Waals surface area contributed by atoms with Crippen molar-refractivity contribution < 1.29 is 19.5 Å². The van der Waals surface area contributed by atoms with Crippen LogP contribution in [0.2, 0.25) is 0 Å². The Labute approximate surface area is 325 Å². The van der Waals surface area contributed by atoms with E-state index in [0.717, 1.165) is 85.1 Å². The number of rotatable bonds is 9. The van der Waals surface area contributed by atoms with Crippen molar-refractivity contribution in [3.8, 4) is 33.5 Å². The third-order valence-corrected chi connectivity index (χ3v) is 13.2. The molecule has 3 aromatic carbocycles. The Morgan fingerprint density at radius 2 is 1.59 bits per heavy atom. The fourth-order valence-corrected chi connectivity index (χ4v) is 10.2. The molecule has 0 bridgehead atoms. The molecule has 1 saturated carbocycles. The van der Waals surface area contributed by atoms with Crippen molar-refractivity contribution in [1.82, 2.24) is 30.1 Å². The number of amides is 3. The molecule has 4 atom stereocenters. The van der Waals surface area contributed by atoms with E-state index in [9.17, 15) is 19.2 Å². The topological polar surface area (TPSA) is 151 Å². The predicted molar refractivity (Wildman–Crippen MR) is 215 cm³/mol. The molecule has 3 amide bonds. The van der Waals surface area contributed by atoms with Gasteiger partial charge >= 0.3 is 6.09 Å². The number of carboxylic acid groups (broad SMARTS) is 1. The number of carbonyl (C=O) groups is 3. The molecule has 2 aliphatic heterocycles. The van der Waals surface area contributed by atoms with E-state index < -0.39 is 6.09 Å². The van der Waals surface area contributed by atoms with Gasteiger partial charge in [0.1, 0.15) is 12.4 Å². The minimum absolute atomic E-state index is 0.0158. The van der Waals surface area contributed by atoms with E-state index in [1.165, 1.54) is 28.7 Å². The van der Waals surface area contributed by atoms with E-state index in [1.54, 1.807) is 17.2 Å². The Morgan fingerprint density at radius 3 is 2.32 bits per heavy atom. The van der Waals surface area contributed by atoms with Gasteiger partial charge in [-0.3, -0.25) is 14.4 Å². The number of likely N-dealkylation sites (tertiary alicyclic amines) is 2. The molecule has 4 heterocycles. The Kier molecular flexibility index (Phi) is 9.05. The number of pyridine rings is 1. The van der Waals surface area contributed by atoms with Crippen LogP contribution in [0.4, 0.5) is 4.79 Å². The average molecular weight is 753 g/mol. The molecule has 2 aromatic heterocycles. The van der Waals surface area contributed by atoms with Crippen LogP contribution in [0.25, 0.3) is 44.4 Å². The quantitative estimate of drug-likeness (QED) is 0.120. The number of aromatic amines is 2. The molecule has 11 nitrogen and oxygen atoms in total. The highest BCUT2D eigenvalue weighted by Crippen LogP contribution is 2.60. The van der Waals surface area contributed by atoms with Crippen LogP contribution in [-0.4, -0.2) is 67.4 Å². The number of hydrogen-bond donors (Lipinski definition) is 4. The monoisotopic (exact) mass is 752 g/mol. The average Bonchev–Trinajstić information content (AvgIpc) is 4.02. The maximum Gasteiger partial charge on any atom is 0.405 e. The van der Waals surface area contributed by atoms with Crippen LogP contribution in [0, 0.1) is 5.92 Å². The number of imidazole rings is 1. The number of nitrogens with zero attached hydrogens (tertiary/aromatic N) is 3. The highest BCUT2D eigenvalue weighted by atomic mass is 16.4. The van der Waals surface area contributed by atoms with Gasteiger partial charge in [0, 0.05) is 42.2 Å². The van der Waals surface area contributed by atoms with Crippen LogP contribution < -0.4 is 10.7 Å². The molecule has 0 radical (unpaired) electrons. The van der Waals surface area contributed by atoms with Gasteiger partial charge in [-0.2, -0.15) is 0 Å². The van der Waals surface area contributed by atoms with Crippen molar-refractivity contribution >= 4 is 28.8 Å². The van der Waals surface area contributed by atoms with Gasteiger partial charge in [0.2, 0.25) is 11.8 Å². The third kappa shape index (κ3) is 6.08. The second kappa shape index (κ2) is 14.1. The SMILES string of the molecule is CCCC(=O)N1CCCC1c1cc(=O)c2cc(-c3ccc(-c4ccc(-c5cnc(C6CCCN6C(=O)CNC(=O)O)[nH]5)cc4)c4c3C3(C)CCC3C4)ccc2[nH]1. The minimum atomic E-state index is -1.22. The molecule has 2 aliphatic carbocycles. The molecule has 56 heavy (non-hydrogen) atoms. The first-order valence-electron chi connectivity index (χ1n) is 20.2. The van der Waals surface area contributed by atoms with E-state index >= 15 is 0 Å². The standard InChI is InChI=1S/C45H48N6O5/c1-3-6-40(53)50-19-4-7-37(50)35-23-39(52)33-21-28(13-16-34(33)48-35)31-15-14-30(32-22-29-17-18-45(29,2)42(31)32)26-9-11-27(12-10-26)36-24-46-43(49-36)38-8-5-20-51(38)41(54)25-47-44(55)56/h9-16,21,23-24,29,37-38,47H,3-8,17-20,22,25H2,1-2H3,(H,46,49)(H,48,52)(H,55,56). The van der Waals surface area contributed by atoms with Crippen LogP contribution in [0.3, 0.4) is 0 Å². The van der Waals surface area contributed by atoms with Gasteiger partial charge in [-0.25, -0.2) is 9.78 Å². The molecule has 2 saturated heterocycles. The number of aromatic nitrogens is 3. The zero-order valence-corrected chi connectivity index (χ0v) is 32.0. The maximum absolute atomic E-state index is 13.7. The molecule has 3 fully saturated rings. The number of benzene rings is 3. The smallest absolute Gasteiger partial charge is 0.405 e. The van der Waals surface area contributed by atoms with Crippen molar-refractivity contribution in [2.75, 3.05) is 19.6 Å². The van der Waals surface area contributed by atoms with Gasteiger partial charge < -0.3 is 30.2 Å². The molecule has 0 spiro atoms. The van der Waals surface area contributed by atoms with Crippen LogP contribution in [0.15, 0.2) is 71.7 Å². The van der Waals surface area contributed by atoms with Gasteiger partial charge in [-0.15, -0.1) is 0 Å². The van der Waals surface area contributed by atoms with Gasteiger partial charge in [-0.05, 0) is 114 Å². The van der Waals surface area contributed by atoms with Crippen molar-refractivity contribution in [1.29, 1.82) is 0 Å². The summed E-state index contributed by atoms with van der Waals surface area (Å²) < 4.78 is 0. The summed E-state index contributed by atoms with van der Waals surface area (Å²) in [5, 5.41) is 11.8. The fourth-order valence-electron chi connectivity index (χ4n) is 10.2. The van der Waals surface area contributed by atoms with Gasteiger partial charge in [0.15, 0.2) is 5.43 Å². The molecular weight excluding hydrogens is 705 g/mol. The van der Waals surface area contributed by atoms with E-state index in [-0.39, 0.29) is 41.3 Å².